The number of carbonyl (C=O) groups is 1. The molecule has 0 aliphatic rings. The van der Waals surface area contributed by atoms with Crippen molar-refractivity contribution < 1.29 is 18.7 Å². The summed E-state index contributed by atoms with van der Waals surface area (Å²) in [5.74, 6) is -3.99. The van der Waals surface area contributed by atoms with Crippen LogP contribution in [0.15, 0.2) is 22.9 Å². The fourth-order valence-electron chi connectivity index (χ4n) is 0.916. The quantitative estimate of drug-likeness (QED) is 0.821. The van der Waals surface area contributed by atoms with E-state index in [4.69, 9.17) is 5.11 Å². The molecule has 0 atom stereocenters. The van der Waals surface area contributed by atoms with Crippen molar-refractivity contribution in [3.05, 3.63) is 28.5 Å². The summed E-state index contributed by atoms with van der Waals surface area (Å²) in [4.78, 5) is 15.2. The summed E-state index contributed by atoms with van der Waals surface area (Å²) in [7, 11) is 0. The van der Waals surface area contributed by atoms with E-state index in [9.17, 15) is 13.6 Å². The Labute approximate surface area is 98.8 Å². The fraction of sp³-hybridized carbons (Fsp3) is 0.333. The molecule has 0 fully saturated rings. The van der Waals surface area contributed by atoms with Crippen LogP contribution in [0, 0.1) is 0 Å². The van der Waals surface area contributed by atoms with Crippen molar-refractivity contribution in [2.75, 3.05) is 13.2 Å². The minimum Gasteiger partial charge on any atom is -0.390 e. The van der Waals surface area contributed by atoms with Gasteiger partial charge in [0.25, 0.3) is 11.8 Å². The molecule has 1 aromatic rings. The standard InChI is InChI=1S/C9H9BrF2N2O2/c10-7-6(2-1-3-13-7)8(16)14-4-9(11,12)5-15/h1-3,15H,4-5H2,(H,14,16). The molecule has 1 heterocycles. The van der Waals surface area contributed by atoms with E-state index in [-0.39, 0.29) is 10.2 Å². The van der Waals surface area contributed by atoms with Gasteiger partial charge in [-0.1, -0.05) is 0 Å². The molecule has 1 amide bonds. The van der Waals surface area contributed by atoms with E-state index < -0.39 is 25.0 Å². The summed E-state index contributed by atoms with van der Waals surface area (Å²) in [6.45, 7) is -2.22. The lowest BCUT2D eigenvalue weighted by Crippen LogP contribution is -2.39. The van der Waals surface area contributed by atoms with Gasteiger partial charge in [-0.2, -0.15) is 0 Å². The first-order chi connectivity index (χ1) is 7.46. The SMILES string of the molecule is O=C(NCC(F)(F)CO)c1cccnc1Br. The molecular formula is C9H9BrF2N2O2. The molecule has 7 heteroatoms. The predicted molar refractivity (Wildman–Crippen MR) is 56.3 cm³/mol. The molecule has 1 aromatic heterocycles. The summed E-state index contributed by atoms with van der Waals surface area (Å²) in [6.07, 6.45) is 1.46. The molecule has 88 valence electrons. The molecule has 1 rings (SSSR count). The monoisotopic (exact) mass is 294 g/mol. The maximum atomic E-state index is 12.6. The Balaban J connectivity index is 2.64. The van der Waals surface area contributed by atoms with E-state index in [1.54, 1.807) is 0 Å². The first-order valence-corrected chi connectivity index (χ1v) is 5.13. The highest BCUT2D eigenvalue weighted by molar-refractivity contribution is 9.10. The van der Waals surface area contributed by atoms with Gasteiger partial charge in [-0.15, -0.1) is 0 Å². The van der Waals surface area contributed by atoms with Crippen LogP contribution in [0.2, 0.25) is 0 Å². The normalized spacial score (nSPS) is 11.2. The summed E-state index contributed by atoms with van der Waals surface area (Å²) in [5.41, 5.74) is 0.163. The number of rotatable bonds is 4. The van der Waals surface area contributed by atoms with Gasteiger partial charge in [-0.05, 0) is 28.1 Å². The lowest BCUT2D eigenvalue weighted by molar-refractivity contribution is -0.0462. The van der Waals surface area contributed by atoms with Crippen LogP contribution < -0.4 is 5.32 Å². The topological polar surface area (TPSA) is 62.2 Å². The average Bonchev–Trinajstić information content (AvgIpc) is 2.27. The van der Waals surface area contributed by atoms with Gasteiger partial charge in [-0.3, -0.25) is 4.79 Å². The van der Waals surface area contributed by atoms with Crippen molar-refractivity contribution in [3.63, 3.8) is 0 Å². The zero-order chi connectivity index (χ0) is 12.2. The van der Waals surface area contributed by atoms with Crippen molar-refractivity contribution in [3.8, 4) is 0 Å². The van der Waals surface area contributed by atoms with E-state index in [1.807, 2.05) is 5.32 Å². The minimum absolute atomic E-state index is 0.163. The fourth-order valence-corrected chi connectivity index (χ4v) is 1.35. The second-order valence-electron chi connectivity index (χ2n) is 3.04. The molecule has 0 aliphatic carbocycles. The Morgan fingerprint density at radius 3 is 2.88 bits per heavy atom. The maximum Gasteiger partial charge on any atom is 0.287 e. The molecule has 0 bridgehead atoms. The second kappa shape index (κ2) is 5.31. The summed E-state index contributed by atoms with van der Waals surface area (Å²) in [5, 5.41) is 10.3. The van der Waals surface area contributed by atoms with Gasteiger partial charge in [0, 0.05) is 6.20 Å². The molecule has 0 unspecified atom stereocenters. The molecule has 0 aliphatic heterocycles. The third-order valence-corrected chi connectivity index (χ3v) is 2.37. The number of aliphatic hydroxyl groups excluding tert-OH is 1. The highest BCUT2D eigenvalue weighted by Gasteiger charge is 2.28. The summed E-state index contributed by atoms with van der Waals surface area (Å²) >= 11 is 3.03. The van der Waals surface area contributed by atoms with E-state index in [0.29, 0.717) is 0 Å². The first kappa shape index (κ1) is 13.0. The second-order valence-corrected chi connectivity index (χ2v) is 3.79. The molecule has 0 spiro atoms. The van der Waals surface area contributed by atoms with Gasteiger partial charge in [-0.25, -0.2) is 13.8 Å². The Bertz CT molecular complexity index is 388. The van der Waals surface area contributed by atoms with Crippen molar-refractivity contribution in [2.24, 2.45) is 0 Å². The first-order valence-electron chi connectivity index (χ1n) is 4.34. The number of pyridine rings is 1. The molecule has 0 aromatic carbocycles. The highest BCUT2D eigenvalue weighted by atomic mass is 79.9. The zero-order valence-electron chi connectivity index (χ0n) is 8.08. The smallest absolute Gasteiger partial charge is 0.287 e. The Morgan fingerprint density at radius 2 is 2.31 bits per heavy atom. The zero-order valence-corrected chi connectivity index (χ0v) is 9.67. The number of aromatic nitrogens is 1. The summed E-state index contributed by atoms with van der Waals surface area (Å²) in [6, 6.07) is 2.97. The molecule has 2 N–H and O–H groups in total. The van der Waals surface area contributed by atoms with Gasteiger partial charge < -0.3 is 10.4 Å². The number of nitrogens with one attached hydrogen (secondary N) is 1. The maximum absolute atomic E-state index is 12.6. The van der Waals surface area contributed by atoms with Crippen LogP contribution in [0.5, 0.6) is 0 Å². The van der Waals surface area contributed by atoms with Gasteiger partial charge in [0.1, 0.15) is 11.2 Å². The largest absolute Gasteiger partial charge is 0.390 e. The molecule has 0 radical (unpaired) electrons. The number of hydrogen-bond acceptors (Lipinski definition) is 3. The number of hydrogen-bond donors (Lipinski definition) is 2. The minimum atomic E-state index is -3.32. The Morgan fingerprint density at radius 1 is 1.62 bits per heavy atom. The number of halogens is 3. The van der Waals surface area contributed by atoms with E-state index in [1.165, 1.54) is 18.3 Å². The van der Waals surface area contributed by atoms with E-state index in [0.717, 1.165) is 0 Å². The van der Waals surface area contributed by atoms with Gasteiger partial charge in [0.15, 0.2) is 0 Å². The third-order valence-electron chi connectivity index (χ3n) is 1.74. The number of nitrogens with zero attached hydrogens (tertiary/aromatic N) is 1. The number of alkyl halides is 2. The van der Waals surface area contributed by atoms with Crippen LogP contribution >= 0.6 is 15.9 Å². The van der Waals surface area contributed by atoms with Crippen LogP contribution in [0.3, 0.4) is 0 Å². The van der Waals surface area contributed by atoms with Gasteiger partial charge >= 0.3 is 0 Å². The van der Waals surface area contributed by atoms with Gasteiger partial charge in [0.2, 0.25) is 0 Å². The van der Waals surface area contributed by atoms with Crippen LogP contribution in [0.4, 0.5) is 8.78 Å². The van der Waals surface area contributed by atoms with Crippen molar-refractivity contribution in [2.45, 2.75) is 5.92 Å². The summed E-state index contributed by atoms with van der Waals surface area (Å²) < 4.78 is 25.6. The molecule has 16 heavy (non-hydrogen) atoms. The molecular weight excluding hydrogens is 286 g/mol. The molecule has 0 saturated carbocycles. The number of aliphatic hydroxyl groups is 1. The third kappa shape index (κ3) is 3.49. The van der Waals surface area contributed by atoms with Crippen LogP contribution in [-0.4, -0.2) is 35.1 Å². The number of amides is 1. The predicted octanol–water partition coefficient (Wildman–Crippen LogP) is 1.20. The highest BCUT2D eigenvalue weighted by Crippen LogP contribution is 2.14. The van der Waals surface area contributed by atoms with Crippen molar-refractivity contribution in [1.82, 2.24) is 10.3 Å². The van der Waals surface area contributed by atoms with Crippen molar-refractivity contribution >= 4 is 21.8 Å². The lowest BCUT2D eigenvalue weighted by atomic mass is 10.2. The average molecular weight is 295 g/mol. The Kier molecular flexibility index (Phi) is 4.31. The van der Waals surface area contributed by atoms with Crippen molar-refractivity contribution in [1.29, 1.82) is 0 Å². The van der Waals surface area contributed by atoms with E-state index in [2.05, 4.69) is 20.9 Å². The van der Waals surface area contributed by atoms with Gasteiger partial charge in [0.05, 0.1) is 12.1 Å². The molecule has 4 nitrogen and oxygen atoms in total. The van der Waals surface area contributed by atoms with Crippen LogP contribution in [-0.2, 0) is 0 Å². The van der Waals surface area contributed by atoms with Crippen LogP contribution in [0.1, 0.15) is 10.4 Å². The number of carbonyl (C=O) groups excluding carboxylic acids is 1. The van der Waals surface area contributed by atoms with Crippen LogP contribution in [0.25, 0.3) is 0 Å². The van der Waals surface area contributed by atoms with E-state index >= 15 is 0 Å². The Hall–Kier alpha value is -1.08. The lowest BCUT2D eigenvalue weighted by Gasteiger charge is -2.14. The molecule has 0 saturated heterocycles.